The first-order valence-corrected chi connectivity index (χ1v) is 10.4. The maximum Gasteiger partial charge on any atom is 0.163 e. The van der Waals surface area contributed by atoms with Gasteiger partial charge in [0.25, 0.3) is 0 Å². The van der Waals surface area contributed by atoms with Crippen molar-refractivity contribution < 1.29 is 28.5 Å². The summed E-state index contributed by atoms with van der Waals surface area (Å²) < 4.78 is 22.0. The molecule has 0 radical (unpaired) electrons. The van der Waals surface area contributed by atoms with Crippen molar-refractivity contribution in [3.05, 3.63) is 77.7 Å². The van der Waals surface area contributed by atoms with Gasteiger partial charge in [-0.1, -0.05) is 18.2 Å². The number of hydrogen-bond donors (Lipinski definition) is 1. The molecule has 1 unspecified atom stereocenters. The number of rotatable bonds is 12. The minimum Gasteiger partial charge on any atom is -0.493 e. The van der Waals surface area contributed by atoms with E-state index in [-0.39, 0.29) is 12.4 Å². The Morgan fingerprint density at radius 2 is 1.78 bits per heavy atom. The normalized spacial score (nSPS) is 11.9. The molecule has 7 nitrogen and oxygen atoms in total. The Balaban J connectivity index is 1.68. The molecule has 0 aliphatic carbocycles. The summed E-state index contributed by atoms with van der Waals surface area (Å²) in [6, 6.07) is 16.5. The molecule has 1 aromatic heterocycles. The fourth-order valence-corrected chi connectivity index (χ4v) is 3.47. The maximum atomic E-state index is 11.8. The standard InChI is InChI=1S/C25H29NO6/c1-18(27)22-8-4-5-9-23(22)32-17-20(28)15-26(16-21-7-6-12-31-21)14-19-10-11-24(29-2)25(13-19)30-3/h4-13,20,28H,14-17H2,1-3H3. The van der Waals surface area contributed by atoms with Crippen molar-refractivity contribution >= 4 is 5.78 Å². The predicted molar refractivity (Wildman–Crippen MR) is 120 cm³/mol. The van der Waals surface area contributed by atoms with Gasteiger partial charge in [0.15, 0.2) is 17.3 Å². The first-order chi connectivity index (χ1) is 15.5. The number of methoxy groups -OCH3 is 2. The molecule has 3 rings (SSSR count). The number of ether oxygens (including phenoxy) is 3. The lowest BCUT2D eigenvalue weighted by atomic mass is 10.1. The van der Waals surface area contributed by atoms with Gasteiger partial charge in [0.1, 0.15) is 24.2 Å². The van der Waals surface area contributed by atoms with Crippen molar-refractivity contribution in [1.29, 1.82) is 0 Å². The van der Waals surface area contributed by atoms with E-state index in [1.807, 2.05) is 30.3 Å². The van der Waals surface area contributed by atoms with Gasteiger partial charge in [-0.2, -0.15) is 0 Å². The molecule has 0 fully saturated rings. The Kier molecular flexibility index (Phi) is 8.30. The molecule has 32 heavy (non-hydrogen) atoms. The number of benzene rings is 2. The number of Topliss-reactive ketones (excluding diaryl/α,β-unsaturated/α-hetero) is 1. The van der Waals surface area contributed by atoms with E-state index in [2.05, 4.69) is 4.90 Å². The van der Waals surface area contributed by atoms with Crippen LogP contribution in [0.5, 0.6) is 17.2 Å². The predicted octanol–water partition coefficient (Wildman–Crippen LogP) is 3.94. The van der Waals surface area contributed by atoms with E-state index in [0.29, 0.717) is 42.4 Å². The molecule has 3 aromatic rings. The third-order valence-corrected chi connectivity index (χ3v) is 4.98. The summed E-state index contributed by atoms with van der Waals surface area (Å²) in [6.45, 7) is 2.97. The van der Waals surface area contributed by atoms with Gasteiger partial charge >= 0.3 is 0 Å². The third kappa shape index (κ3) is 6.35. The van der Waals surface area contributed by atoms with Gasteiger partial charge in [-0.05, 0) is 48.9 Å². The van der Waals surface area contributed by atoms with Crippen molar-refractivity contribution in [3.63, 3.8) is 0 Å². The molecule has 0 aliphatic heterocycles. The van der Waals surface area contributed by atoms with Gasteiger partial charge in [-0.25, -0.2) is 0 Å². The molecule has 0 amide bonds. The lowest BCUT2D eigenvalue weighted by Gasteiger charge is -2.25. The molecule has 7 heteroatoms. The first-order valence-electron chi connectivity index (χ1n) is 10.4. The largest absolute Gasteiger partial charge is 0.493 e. The Morgan fingerprint density at radius 1 is 1.00 bits per heavy atom. The highest BCUT2D eigenvalue weighted by Crippen LogP contribution is 2.28. The lowest BCUT2D eigenvalue weighted by Crippen LogP contribution is -2.35. The van der Waals surface area contributed by atoms with Crippen LogP contribution in [0.3, 0.4) is 0 Å². The molecule has 1 heterocycles. The number of furan rings is 1. The van der Waals surface area contributed by atoms with E-state index in [9.17, 15) is 9.90 Å². The number of ketones is 1. The van der Waals surface area contributed by atoms with E-state index in [1.165, 1.54) is 6.92 Å². The summed E-state index contributed by atoms with van der Waals surface area (Å²) in [4.78, 5) is 13.8. The number of nitrogens with zero attached hydrogens (tertiary/aromatic N) is 1. The van der Waals surface area contributed by atoms with Crippen LogP contribution in [0.15, 0.2) is 65.3 Å². The highest BCUT2D eigenvalue weighted by atomic mass is 16.5. The van der Waals surface area contributed by atoms with Crippen LogP contribution in [-0.2, 0) is 13.1 Å². The monoisotopic (exact) mass is 439 g/mol. The van der Waals surface area contributed by atoms with Crippen molar-refractivity contribution in [2.75, 3.05) is 27.4 Å². The average molecular weight is 440 g/mol. The molecule has 1 N–H and O–H groups in total. The zero-order chi connectivity index (χ0) is 22.9. The zero-order valence-corrected chi connectivity index (χ0v) is 18.6. The van der Waals surface area contributed by atoms with Crippen LogP contribution in [0.4, 0.5) is 0 Å². The zero-order valence-electron chi connectivity index (χ0n) is 18.6. The summed E-state index contributed by atoms with van der Waals surface area (Å²) in [5, 5.41) is 10.7. The Morgan fingerprint density at radius 3 is 2.47 bits per heavy atom. The highest BCUT2D eigenvalue weighted by Gasteiger charge is 2.17. The number of aliphatic hydroxyl groups excluding tert-OH is 1. The number of aliphatic hydroxyl groups is 1. The third-order valence-electron chi connectivity index (χ3n) is 4.98. The molecule has 170 valence electrons. The van der Waals surface area contributed by atoms with Crippen LogP contribution < -0.4 is 14.2 Å². The Bertz CT molecular complexity index is 1000. The van der Waals surface area contributed by atoms with E-state index < -0.39 is 6.10 Å². The van der Waals surface area contributed by atoms with Gasteiger partial charge < -0.3 is 23.7 Å². The van der Waals surface area contributed by atoms with Crippen molar-refractivity contribution in [3.8, 4) is 17.2 Å². The van der Waals surface area contributed by atoms with E-state index in [0.717, 1.165) is 11.3 Å². The molecule has 0 saturated carbocycles. The quantitative estimate of drug-likeness (QED) is 0.428. The Labute approximate surface area is 188 Å². The van der Waals surface area contributed by atoms with E-state index in [1.54, 1.807) is 44.7 Å². The molecule has 2 aromatic carbocycles. The second-order valence-corrected chi connectivity index (χ2v) is 7.46. The lowest BCUT2D eigenvalue weighted by molar-refractivity contribution is 0.0598. The molecule has 1 atom stereocenters. The topological polar surface area (TPSA) is 81.4 Å². The number of hydrogen-bond acceptors (Lipinski definition) is 7. The summed E-state index contributed by atoms with van der Waals surface area (Å²) in [6.07, 6.45) is 0.854. The SMILES string of the molecule is COc1ccc(CN(Cc2ccco2)CC(O)COc2ccccc2C(C)=O)cc1OC. The summed E-state index contributed by atoms with van der Waals surface area (Å²) in [7, 11) is 3.20. The second kappa shape index (κ2) is 11.4. The van der Waals surface area contributed by atoms with Crippen LogP contribution in [0.2, 0.25) is 0 Å². The van der Waals surface area contributed by atoms with Gasteiger partial charge in [-0.3, -0.25) is 9.69 Å². The number of para-hydroxylation sites is 1. The molecular formula is C25H29NO6. The van der Waals surface area contributed by atoms with Crippen molar-refractivity contribution in [2.24, 2.45) is 0 Å². The maximum absolute atomic E-state index is 11.8. The molecule has 0 aliphatic rings. The Hall–Kier alpha value is -3.29. The molecular weight excluding hydrogens is 410 g/mol. The van der Waals surface area contributed by atoms with E-state index >= 15 is 0 Å². The van der Waals surface area contributed by atoms with E-state index in [4.69, 9.17) is 18.6 Å². The van der Waals surface area contributed by atoms with Crippen LogP contribution in [-0.4, -0.2) is 49.3 Å². The van der Waals surface area contributed by atoms with Gasteiger partial charge in [0.05, 0.1) is 32.6 Å². The highest BCUT2D eigenvalue weighted by molar-refractivity contribution is 5.96. The van der Waals surface area contributed by atoms with Crippen LogP contribution in [0, 0.1) is 0 Å². The van der Waals surface area contributed by atoms with Crippen LogP contribution in [0.25, 0.3) is 0 Å². The second-order valence-electron chi connectivity index (χ2n) is 7.46. The van der Waals surface area contributed by atoms with Gasteiger partial charge in [-0.15, -0.1) is 0 Å². The van der Waals surface area contributed by atoms with Gasteiger partial charge in [0.2, 0.25) is 0 Å². The summed E-state index contributed by atoms with van der Waals surface area (Å²) in [5.74, 6) is 2.49. The number of carbonyl (C=O) groups is 1. The van der Waals surface area contributed by atoms with Gasteiger partial charge in [0, 0.05) is 13.1 Å². The minimum absolute atomic E-state index is 0.0604. The minimum atomic E-state index is -0.773. The fourth-order valence-electron chi connectivity index (χ4n) is 3.47. The fraction of sp³-hybridized carbons (Fsp3) is 0.320. The smallest absolute Gasteiger partial charge is 0.163 e. The van der Waals surface area contributed by atoms with Crippen LogP contribution in [0.1, 0.15) is 28.6 Å². The van der Waals surface area contributed by atoms with Crippen molar-refractivity contribution in [1.82, 2.24) is 4.90 Å². The number of carbonyl (C=O) groups excluding carboxylic acids is 1. The molecule has 0 spiro atoms. The average Bonchev–Trinajstić information content (AvgIpc) is 3.30. The van der Waals surface area contributed by atoms with Crippen molar-refractivity contribution in [2.45, 2.75) is 26.1 Å². The van der Waals surface area contributed by atoms with Crippen LogP contribution >= 0.6 is 0 Å². The summed E-state index contributed by atoms with van der Waals surface area (Å²) in [5.41, 5.74) is 1.50. The first kappa shape index (κ1) is 23.4. The summed E-state index contributed by atoms with van der Waals surface area (Å²) >= 11 is 0. The molecule has 0 bridgehead atoms. The molecule has 0 saturated heterocycles.